The van der Waals surface area contributed by atoms with Crippen LogP contribution in [0.5, 0.6) is 11.5 Å². The zero-order valence-electron chi connectivity index (χ0n) is 19.8. The maximum Gasteiger partial charge on any atom is 0.261 e. The Hall–Kier alpha value is -3.77. The van der Waals surface area contributed by atoms with Gasteiger partial charge in [-0.05, 0) is 37.6 Å². The third kappa shape index (κ3) is 4.95. The second kappa shape index (κ2) is 10.5. The van der Waals surface area contributed by atoms with E-state index in [1.807, 2.05) is 25.1 Å². The molecule has 0 atom stereocenters. The van der Waals surface area contributed by atoms with Gasteiger partial charge in [0.15, 0.2) is 11.5 Å². The van der Waals surface area contributed by atoms with Gasteiger partial charge in [-0.15, -0.1) is 11.3 Å². The van der Waals surface area contributed by atoms with Crippen molar-refractivity contribution < 1.29 is 23.8 Å². The molecule has 2 aromatic heterocycles. The number of thiophene rings is 1. The zero-order valence-corrected chi connectivity index (χ0v) is 20.6. The summed E-state index contributed by atoms with van der Waals surface area (Å²) in [5.41, 5.74) is 7.78. The molecule has 11 nitrogen and oxygen atoms in total. The number of hydrogen-bond donors (Lipinski definition) is 2. The number of nitrogen functional groups attached to an aromatic ring is 1. The van der Waals surface area contributed by atoms with Gasteiger partial charge in [-0.1, -0.05) is 0 Å². The van der Waals surface area contributed by atoms with E-state index in [-0.39, 0.29) is 31.3 Å². The fraction of sp³-hybridized carbons (Fsp3) is 0.375. The summed E-state index contributed by atoms with van der Waals surface area (Å²) in [5, 5.41) is 3.47. The van der Waals surface area contributed by atoms with Crippen molar-refractivity contribution >= 4 is 45.0 Å². The molecule has 2 amide bonds. The van der Waals surface area contributed by atoms with E-state index in [4.69, 9.17) is 24.9 Å². The van der Waals surface area contributed by atoms with Gasteiger partial charge in [0.05, 0.1) is 17.2 Å². The van der Waals surface area contributed by atoms with E-state index in [1.165, 1.54) is 11.3 Å². The minimum Gasteiger partial charge on any atom is -0.454 e. The van der Waals surface area contributed by atoms with Crippen molar-refractivity contribution in [3.63, 3.8) is 0 Å². The quantitative estimate of drug-likeness (QED) is 0.330. The van der Waals surface area contributed by atoms with E-state index in [0.717, 1.165) is 18.5 Å². The Bertz CT molecular complexity index is 1340. The second-order valence-electron chi connectivity index (χ2n) is 8.22. The summed E-state index contributed by atoms with van der Waals surface area (Å²) in [6, 6.07) is 7.24. The van der Waals surface area contributed by atoms with Crippen LogP contribution in [0.2, 0.25) is 0 Å². The Morgan fingerprint density at radius 2 is 2.14 bits per heavy atom. The Morgan fingerprint density at radius 1 is 1.28 bits per heavy atom. The van der Waals surface area contributed by atoms with Crippen LogP contribution in [0.3, 0.4) is 0 Å². The van der Waals surface area contributed by atoms with E-state index in [9.17, 15) is 9.59 Å². The summed E-state index contributed by atoms with van der Waals surface area (Å²) in [4.78, 5) is 40.7. The minimum atomic E-state index is -0.189. The lowest BCUT2D eigenvalue weighted by Gasteiger charge is -2.15. The normalized spacial score (nSPS) is 15.2. The molecule has 12 heteroatoms. The standard InChI is InChI=1S/C24H26N6O5S/c1-2-26-22(32)18-11-15-21(28-24(25)29-23(15)36-18)20(14-5-6-16-17(10-14)35-13-34-16)27-12-33-9-8-30-7-3-4-19(30)31/h5-6,10-11H,2-4,7-9,12-13H2,1H3,(H,26,32)(H2,25,28,29)/b27-20+. The SMILES string of the molecule is CCNC(=O)c1cc2c(/C(=N/COCCN3CCCC3=O)c3ccc4c(c3)OCO4)nc(N)nc2s1. The first kappa shape index (κ1) is 23.9. The first-order valence-electron chi connectivity index (χ1n) is 11.7. The van der Waals surface area contributed by atoms with Gasteiger partial charge in [-0.2, -0.15) is 0 Å². The van der Waals surface area contributed by atoms with Gasteiger partial charge in [0.25, 0.3) is 5.91 Å². The van der Waals surface area contributed by atoms with E-state index < -0.39 is 0 Å². The molecule has 3 N–H and O–H groups in total. The molecule has 188 valence electrons. The summed E-state index contributed by atoms with van der Waals surface area (Å²) < 4.78 is 16.8. The highest BCUT2D eigenvalue weighted by molar-refractivity contribution is 7.20. The molecule has 1 fully saturated rings. The molecule has 36 heavy (non-hydrogen) atoms. The number of carbonyl (C=O) groups excluding carboxylic acids is 2. The Labute approximate surface area is 211 Å². The first-order valence-corrected chi connectivity index (χ1v) is 12.5. The van der Waals surface area contributed by atoms with Crippen molar-refractivity contribution in [2.45, 2.75) is 19.8 Å². The second-order valence-corrected chi connectivity index (χ2v) is 9.25. The largest absolute Gasteiger partial charge is 0.454 e. The summed E-state index contributed by atoms with van der Waals surface area (Å²) in [6.45, 7) is 4.22. The predicted molar refractivity (Wildman–Crippen MR) is 135 cm³/mol. The third-order valence-corrected chi connectivity index (χ3v) is 6.86. The average Bonchev–Trinajstić information content (AvgIpc) is 3.60. The van der Waals surface area contributed by atoms with Crippen LogP contribution in [0.4, 0.5) is 5.95 Å². The number of nitrogens with one attached hydrogen (secondary N) is 1. The molecule has 0 bridgehead atoms. The number of rotatable bonds is 9. The lowest BCUT2D eigenvalue weighted by molar-refractivity contribution is -0.128. The number of benzene rings is 1. The molecule has 0 aliphatic carbocycles. The Balaban J connectivity index is 1.47. The van der Waals surface area contributed by atoms with Crippen molar-refractivity contribution in [1.29, 1.82) is 0 Å². The van der Waals surface area contributed by atoms with E-state index in [0.29, 0.717) is 64.1 Å². The molecule has 1 saturated heterocycles. The monoisotopic (exact) mass is 510 g/mol. The van der Waals surface area contributed by atoms with Crippen LogP contribution in [-0.2, 0) is 9.53 Å². The fourth-order valence-electron chi connectivity index (χ4n) is 4.11. The molecule has 1 aromatic carbocycles. The van der Waals surface area contributed by atoms with Crippen LogP contribution < -0.4 is 20.5 Å². The topological polar surface area (TPSA) is 141 Å². The summed E-state index contributed by atoms with van der Waals surface area (Å²) in [5.74, 6) is 1.28. The van der Waals surface area contributed by atoms with Crippen LogP contribution in [0.1, 0.15) is 40.7 Å². The number of anilines is 1. The van der Waals surface area contributed by atoms with Gasteiger partial charge in [-0.25, -0.2) is 9.97 Å². The van der Waals surface area contributed by atoms with E-state index >= 15 is 0 Å². The molecule has 0 unspecified atom stereocenters. The van der Waals surface area contributed by atoms with E-state index in [2.05, 4.69) is 15.3 Å². The highest BCUT2D eigenvalue weighted by Crippen LogP contribution is 2.34. The van der Waals surface area contributed by atoms with Crippen molar-refractivity contribution in [3.8, 4) is 11.5 Å². The maximum absolute atomic E-state index is 12.5. The highest BCUT2D eigenvalue weighted by Gasteiger charge is 2.22. The van der Waals surface area contributed by atoms with Crippen LogP contribution in [0.15, 0.2) is 29.3 Å². The number of aliphatic imine (C=N–C) groups is 1. The summed E-state index contributed by atoms with van der Waals surface area (Å²) in [7, 11) is 0. The molecule has 3 aromatic rings. The smallest absolute Gasteiger partial charge is 0.261 e. The van der Waals surface area contributed by atoms with Crippen LogP contribution >= 0.6 is 11.3 Å². The molecule has 5 rings (SSSR count). The molecule has 0 saturated carbocycles. The number of amides is 2. The average molecular weight is 511 g/mol. The van der Waals surface area contributed by atoms with Crippen molar-refractivity contribution in [3.05, 3.63) is 40.4 Å². The fourth-order valence-corrected chi connectivity index (χ4v) is 5.07. The molecular formula is C24H26N6O5S. The Kier molecular flexibility index (Phi) is 6.96. The maximum atomic E-state index is 12.5. The lowest BCUT2D eigenvalue weighted by atomic mass is 10.0. The molecular weight excluding hydrogens is 484 g/mol. The van der Waals surface area contributed by atoms with Gasteiger partial charge in [0.2, 0.25) is 18.6 Å². The highest BCUT2D eigenvalue weighted by atomic mass is 32.1. The summed E-state index contributed by atoms with van der Waals surface area (Å²) >= 11 is 1.24. The van der Waals surface area contributed by atoms with Gasteiger partial charge >= 0.3 is 0 Å². The van der Waals surface area contributed by atoms with Crippen molar-refractivity contribution in [2.75, 3.05) is 45.5 Å². The number of hydrogen-bond acceptors (Lipinski definition) is 10. The van der Waals surface area contributed by atoms with Gasteiger partial charge in [0.1, 0.15) is 17.3 Å². The van der Waals surface area contributed by atoms with Crippen LogP contribution in [-0.4, -0.2) is 72.2 Å². The predicted octanol–water partition coefficient (Wildman–Crippen LogP) is 2.19. The van der Waals surface area contributed by atoms with Crippen molar-refractivity contribution in [1.82, 2.24) is 20.2 Å². The van der Waals surface area contributed by atoms with Gasteiger partial charge in [0, 0.05) is 37.0 Å². The first-order chi connectivity index (χ1) is 17.5. The van der Waals surface area contributed by atoms with Gasteiger partial charge < -0.3 is 30.2 Å². The lowest BCUT2D eigenvalue weighted by Crippen LogP contribution is -2.28. The third-order valence-electron chi connectivity index (χ3n) is 5.83. The zero-order chi connectivity index (χ0) is 25.1. The number of ether oxygens (including phenoxy) is 3. The number of likely N-dealkylation sites (tertiary alicyclic amines) is 1. The molecule has 2 aliphatic rings. The van der Waals surface area contributed by atoms with Gasteiger partial charge in [-0.3, -0.25) is 14.6 Å². The number of fused-ring (bicyclic) bond motifs is 2. The molecule has 0 spiro atoms. The van der Waals surface area contributed by atoms with E-state index in [1.54, 1.807) is 11.0 Å². The Morgan fingerprint density at radius 3 is 2.94 bits per heavy atom. The molecule has 0 radical (unpaired) electrons. The van der Waals surface area contributed by atoms with Crippen molar-refractivity contribution in [2.24, 2.45) is 4.99 Å². The minimum absolute atomic E-state index is 0.0462. The summed E-state index contributed by atoms with van der Waals surface area (Å²) in [6.07, 6.45) is 1.48. The number of nitrogens with two attached hydrogens (primary N) is 1. The number of carbonyl (C=O) groups is 2. The molecule has 2 aliphatic heterocycles. The van der Waals surface area contributed by atoms with Crippen LogP contribution in [0.25, 0.3) is 10.2 Å². The number of aromatic nitrogens is 2. The number of nitrogens with zero attached hydrogens (tertiary/aromatic N) is 4. The van der Waals surface area contributed by atoms with Crippen LogP contribution in [0, 0.1) is 0 Å². The molecule has 4 heterocycles.